The number of carbonyl (C=O) groups is 2. The van der Waals surface area contributed by atoms with Crippen LogP contribution >= 0.6 is 11.8 Å². The summed E-state index contributed by atoms with van der Waals surface area (Å²) in [6, 6.07) is 15.0. The molecule has 35 heavy (non-hydrogen) atoms. The highest BCUT2D eigenvalue weighted by Gasteiger charge is 2.39. The first kappa shape index (κ1) is 24.0. The van der Waals surface area contributed by atoms with Crippen LogP contribution in [0, 0.1) is 17.0 Å². The maximum atomic E-state index is 13.2. The molecule has 1 aliphatic rings. The maximum absolute atomic E-state index is 13.2. The zero-order chi connectivity index (χ0) is 24.9. The summed E-state index contributed by atoms with van der Waals surface area (Å²) in [7, 11) is 1.35. The standard InChI is InChI=1S/C24H22N4O6S/c1-15-5-7-16(8-6-15)25-24-27(14-18-4-3-11-34-18)23(30)21(35-24)13-22(29)26-19-10-9-17(28(31)32)12-20(19)33-2/h3-12,21H,13-14H2,1-2H3,(H,26,29). The number of methoxy groups -OCH3 is 1. The first-order chi connectivity index (χ1) is 16.8. The molecule has 0 aliphatic carbocycles. The molecule has 11 heteroatoms. The van der Waals surface area contributed by atoms with Crippen molar-refractivity contribution in [3.8, 4) is 5.75 Å². The largest absolute Gasteiger partial charge is 0.494 e. The number of benzene rings is 2. The van der Waals surface area contributed by atoms with Gasteiger partial charge in [0.2, 0.25) is 11.8 Å². The average molecular weight is 495 g/mol. The van der Waals surface area contributed by atoms with Crippen molar-refractivity contribution >= 4 is 45.8 Å². The Bertz CT molecular complexity index is 1270. The number of amidine groups is 1. The van der Waals surface area contributed by atoms with E-state index in [4.69, 9.17) is 9.15 Å². The van der Waals surface area contributed by atoms with E-state index in [1.54, 1.807) is 12.1 Å². The minimum absolute atomic E-state index is 0.120. The van der Waals surface area contributed by atoms with Gasteiger partial charge in [0.25, 0.3) is 5.69 Å². The minimum Gasteiger partial charge on any atom is -0.494 e. The summed E-state index contributed by atoms with van der Waals surface area (Å²) >= 11 is 1.21. The van der Waals surface area contributed by atoms with E-state index in [1.807, 2.05) is 31.2 Å². The van der Waals surface area contributed by atoms with E-state index >= 15 is 0 Å². The van der Waals surface area contributed by atoms with E-state index in [9.17, 15) is 19.7 Å². The molecule has 1 aromatic heterocycles. The molecule has 2 heterocycles. The molecule has 1 aliphatic heterocycles. The molecule has 1 N–H and O–H groups in total. The van der Waals surface area contributed by atoms with Gasteiger partial charge >= 0.3 is 0 Å². The van der Waals surface area contributed by atoms with E-state index in [1.165, 1.54) is 48.2 Å². The Morgan fingerprint density at radius 1 is 1.26 bits per heavy atom. The van der Waals surface area contributed by atoms with Crippen LogP contribution in [0.25, 0.3) is 0 Å². The molecular formula is C24H22N4O6S. The van der Waals surface area contributed by atoms with Gasteiger partial charge < -0.3 is 14.5 Å². The normalized spacial score (nSPS) is 16.5. The molecule has 0 spiro atoms. The summed E-state index contributed by atoms with van der Waals surface area (Å²) in [6.07, 6.45) is 1.41. The van der Waals surface area contributed by atoms with Crippen molar-refractivity contribution in [2.75, 3.05) is 12.4 Å². The van der Waals surface area contributed by atoms with Gasteiger partial charge in [-0.15, -0.1) is 0 Å². The highest BCUT2D eigenvalue weighted by Crippen LogP contribution is 2.34. The van der Waals surface area contributed by atoms with Gasteiger partial charge in [0, 0.05) is 12.5 Å². The van der Waals surface area contributed by atoms with Gasteiger partial charge in [0.15, 0.2) is 5.17 Å². The van der Waals surface area contributed by atoms with Crippen LogP contribution in [-0.2, 0) is 16.1 Å². The average Bonchev–Trinajstić information content (AvgIpc) is 3.45. The Kier molecular flexibility index (Phi) is 7.16. The molecule has 4 rings (SSSR count). The second-order valence-corrected chi connectivity index (χ2v) is 8.90. The highest BCUT2D eigenvalue weighted by atomic mass is 32.2. The number of anilines is 1. The van der Waals surface area contributed by atoms with E-state index < -0.39 is 16.1 Å². The Labute approximate surface area is 205 Å². The van der Waals surface area contributed by atoms with Gasteiger partial charge in [-0.05, 0) is 37.3 Å². The topological polar surface area (TPSA) is 127 Å². The van der Waals surface area contributed by atoms with Crippen molar-refractivity contribution in [1.29, 1.82) is 0 Å². The second-order valence-electron chi connectivity index (χ2n) is 7.73. The Morgan fingerprint density at radius 2 is 2.03 bits per heavy atom. The third-order valence-corrected chi connectivity index (χ3v) is 6.39. The minimum atomic E-state index is -0.696. The van der Waals surface area contributed by atoms with Gasteiger partial charge in [0.05, 0.1) is 42.3 Å². The van der Waals surface area contributed by atoms with Crippen LogP contribution in [0.2, 0.25) is 0 Å². The number of nitrogens with one attached hydrogen (secondary N) is 1. The smallest absolute Gasteiger partial charge is 0.273 e. The number of thioether (sulfide) groups is 1. The first-order valence-corrected chi connectivity index (χ1v) is 11.5. The molecule has 0 saturated carbocycles. The van der Waals surface area contributed by atoms with Crippen molar-refractivity contribution in [1.82, 2.24) is 4.90 Å². The summed E-state index contributed by atoms with van der Waals surface area (Å²) in [6.45, 7) is 2.17. The van der Waals surface area contributed by atoms with Crippen molar-refractivity contribution in [2.24, 2.45) is 4.99 Å². The number of nitro groups is 1. The zero-order valence-electron chi connectivity index (χ0n) is 19.0. The molecule has 10 nitrogen and oxygen atoms in total. The molecule has 0 radical (unpaired) electrons. The zero-order valence-corrected chi connectivity index (χ0v) is 19.8. The van der Waals surface area contributed by atoms with Gasteiger partial charge in [-0.3, -0.25) is 24.6 Å². The van der Waals surface area contributed by atoms with Gasteiger partial charge in [-0.2, -0.15) is 0 Å². The number of amides is 2. The Morgan fingerprint density at radius 3 is 2.69 bits per heavy atom. The lowest BCUT2D eigenvalue weighted by molar-refractivity contribution is -0.384. The predicted molar refractivity (Wildman–Crippen MR) is 132 cm³/mol. The quantitative estimate of drug-likeness (QED) is 0.356. The van der Waals surface area contributed by atoms with Gasteiger partial charge in [0.1, 0.15) is 16.8 Å². The van der Waals surface area contributed by atoms with Crippen LogP contribution in [0.3, 0.4) is 0 Å². The summed E-state index contributed by atoms with van der Waals surface area (Å²) in [5.74, 6) is 0.0518. The number of hydrogen-bond acceptors (Lipinski definition) is 8. The van der Waals surface area contributed by atoms with E-state index in [2.05, 4.69) is 10.3 Å². The molecule has 1 unspecified atom stereocenters. The first-order valence-electron chi connectivity index (χ1n) is 10.6. The number of non-ortho nitro benzene ring substituents is 1. The number of aryl methyl sites for hydroxylation is 1. The summed E-state index contributed by atoms with van der Waals surface area (Å²) in [5, 5.41) is 13.4. The van der Waals surface area contributed by atoms with E-state index in [-0.39, 0.29) is 36.0 Å². The summed E-state index contributed by atoms with van der Waals surface area (Å²) in [4.78, 5) is 42.6. The summed E-state index contributed by atoms with van der Waals surface area (Å²) < 4.78 is 10.6. The second kappa shape index (κ2) is 10.4. The number of rotatable bonds is 8. The van der Waals surface area contributed by atoms with Crippen LogP contribution in [0.5, 0.6) is 5.75 Å². The fourth-order valence-corrected chi connectivity index (χ4v) is 4.58. The van der Waals surface area contributed by atoms with Crippen LogP contribution in [0.15, 0.2) is 70.3 Å². The molecule has 0 bridgehead atoms. The lowest BCUT2D eigenvalue weighted by Crippen LogP contribution is -2.33. The third kappa shape index (κ3) is 5.69. The van der Waals surface area contributed by atoms with Crippen molar-refractivity contribution < 1.29 is 23.7 Å². The van der Waals surface area contributed by atoms with Crippen LogP contribution in [0.4, 0.5) is 17.1 Å². The molecule has 2 aromatic carbocycles. The molecule has 3 aromatic rings. The fourth-order valence-electron chi connectivity index (χ4n) is 3.43. The van der Waals surface area contributed by atoms with Crippen molar-refractivity contribution in [3.05, 3.63) is 82.3 Å². The number of furan rings is 1. The number of nitro benzene ring substituents is 1. The number of nitrogens with zero attached hydrogens (tertiary/aromatic N) is 3. The van der Waals surface area contributed by atoms with Crippen LogP contribution in [0.1, 0.15) is 17.7 Å². The molecule has 2 amide bonds. The molecule has 1 fully saturated rings. The monoisotopic (exact) mass is 494 g/mol. The summed E-state index contributed by atoms with van der Waals surface area (Å²) in [5.41, 5.74) is 1.90. The van der Waals surface area contributed by atoms with Crippen molar-refractivity contribution in [2.45, 2.75) is 25.1 Å². The number of hydrogen-bond donors (Lipinski definition) is 1. The lowest BCUT2D eigenvalue weighted by Gasteiger charge is -2.15. The van der Waals surface area contributed by atoms with Gasteiger partial charge in [-0.1, -0.05) is 29.5 Å². The molecular weight excluding hydrogens is 472 g/mol. The van der Waals surface area contributed by atoms with Gasteiger partial charge in [-0.25, -0.2) is 4.99 Å². The van der Waals surface area contributed by atoms with E-state index in [0.29, 0.717) is 16.6 Å². The molecule has 180 valence electrons. The fraction of sp³-hybridized carbons (Fsp3) is 0.208. The SMILES string of the molecule is COc1cc([N+](=O)[O-])ccc1NC(=O)CC1SC(=Nc2ccc(C)cc2)N(Cc2ccco2)C1=O. The molecule has 1 atom stereocenters. The predicted octanol–water partition coefficient (Wildman–Crippen LogP) is 4.67. The molecule has 1 saturated heterocycles. The van der Waals surface area contributed by atoms with E-state index in [0.717, 1.165) is 5.56 Å². The number of carbonyl (C=O) groups excluding carboxylic acids is 2. The lowest BCUT2D eigenvalue weighted by atomic mass is 10.2. The number of ether oxygens (including phenoxy) is 1. The third-order valence-electron chi connectivity index (χ3n) is 5.21. The highest BCUT2D eigenvalue weighted by molar-refractivity contribution is 8.15. The maximum Gasteiger partial charge on any atom is 0.273 e. The van der Waals surface area contributed by atoms with Crippen LogP contribution in [-0.4, -0.2) is 39.2 Å². The Hall–Kier alpha value is -4.12. The van der Waals surface area contributed by atoms with Crippen molar-refractivity contribution in [3.63, 3.8) is 0 Å². The van der Waals surface area contributed by atoms with Crippen LogP contribution < -0.4 is 10.1 Å². The Balaban J connectivity index is 1.52. The number of aliphatic imine (C=N–C) groups is 1.